The Morgan fingerprint density at radius 2 is 1.57 bits per heavy atom. The van der Waals surface area contributed by atoms with Gasteiger partial charge in [0.15, 0.2) is 0 Å². The number of benzene rings is 1. The third-order valence-corrected chi connectivity index (χ3v) is 4.21. The Morgan fingerprint density at radius 3 is 2.14 bits per heavy atom. The van der Waals surface area contributed by atoms with Gasteiger partial charge in [-0.2, -0.15) is 0 Å². The number of aryl methyl sites for hydroxylation is 2. The van der Waals surface area contributed by atoms with Crippen LogP contribution >= 0.6 is 0 Å². The zero-order chi connectivity index (χ0) is 15.1. The van der Waals surface area contributed by atoms with Gasteiger partial charge < -0.3 is 15.5 Å². The summed E-state index contributed by atoms with van der Waals surface area (Å²) in [6.45, 7) is 7.27. The summed E-state index contributed by atoms with van der Waals surface area (Å²) in [5.41, 5.74) is 8.94. The fraction of sp³-hybridized carbons (Fsp3) is 0.375. The lowest BCUT2D eigenvalue weighted by atomic mass is 10.1. The molecule has 5 heteroatoms. The van der Waals surface area contributed by atoms with Gasteiger partial charge in [0.05, 0.1) is 0 Å². The van der Waals surface area contributed by atoms with Gasteiger partial charge >= 0.3 is 0 Å². The van der Waals surface area contributed by atoms with Crippen molar-refractivity contribution in [3.8, 4) is 0 Å². The van der Waals surface area contributed by atoms with E-state index in [-0.39, 0.29) is 5.69 Å². The second kappa shape index (κ2) is 4.91. The zero-order valence-corrected chi connectivity index (χ0v) is 12.3. The van der Waals surface area contributed by atoms with Crippen molar-refractivity contribution in [2.45, 2.75) is 13.8 Å². The van der Waals surface area contributed by atoms with Crippen LogP contribution in [0.5, 0.6) is 0 Å². The van der Waals surface area contributed by atoms with Crippen LogP contribution in [0.3, 0.4) is 0 Å². The highest BCUT2D eigenvalue weighted by Gasteiger charge is 2.27. The van der Waals surface area contributed by atoms with E-state index >= 15 is 0 Å². The maximum atomic E-state index is 11.6. The molecule has 1 saturated heterocycles. The van der Waals surface area contributed by atoms with E-state index in [4.69, 9.17) is 5.73 Å². The molecule has 1 aliphatic heterocycles. The van der Waals surface area contributed by atoms with Crippen LogP contribution in [0.25, 0.3) is 0 Å². The van der Waals surface area contributed by atoms with Gasteiger partial charge in [-0.1, -0.05) is 17.7 Å². The third kappa shape index (κ3) is 2.18. The summed E-state index contributed by atoms with van der Waals surface area (Å²) >= 11 is 0. The van der Waals surface area contributed by atoms with Crippen LogP contribution in [0.15, 0.2) is 27.8 Å². The maximum Gasteiger partial charge on any atom is 0.253 e. The second-order valence-electron chi connectivity index (χ2n) is 5.68. The summed E-state index contributed by atoms with van der Waals surface area (Å²) in [6.07, 6.45) is 0. The van der Waals surface area contributed by atoms with Gasteiger partial charge in [-0.05, 0) is 25.5 Å². The van der Waals surface area contributed by atoms with E-state index in [1.54, 1.807) is 0 Å². The molecule has 1 fully saturated rings. The van der Waals surface area contributed by atoms with E-state index in [0.29, 0.717) is 18.8 Å². The molecule has 0 aliphatic carbocycles. The minimum Gasteiger partial charge on any atom is -0.394 e. The van der Waals surface area contributed by atoms with Crippen molar-refractivity contribution in [3.63, 3.8) is 0 Å². The van der Waals surface area contributed by atoms with Crippen molar-refractivity contribution in [2.24, 2.45) is 0 Å². The molecule has 2 aromatic rings. The summed E-state index contributed by atoms with van der Waals surface area (Å²) < 4.78 is 0. The molecule has 1 heterocycles. The molecule has 0 radical (unpaired) electrons. The Morgan fingerprint density at radius 1 is 0.952 bits per heavy atom. The molecule has 3 rings (SSSR count). The molecule has 0 unspecified atom stereocenters. The van der Waals surface area contributed by atoms with E-state index in [9.17, 15) is 9.59 Å². The minimum atomic E-state index is -0.540. The standard InChI is InChI=1S/C16H19N3O2/c1-10-3-4-12(11(2)9-10)18-5-7-19(8-6-18)14-13(17)15(20)16(14)21/h3-4,9H,5-8,17H2,1-2H3. The van der Waals surface area contributed by atoms with Crippen molar-refractivity contribution in [1.29, 1.82) is 0 Å². The molecule has 5 nitrogen and oxygen atoms in total. The van der Waals surface area contributed by atoms with Gasteiger partial charge in [0.1, 0.15) is 11.4 Å². The monoisotopic (exact) mass is 285 g/mol. The molecule has 0 spiro atoms. The van der Waals surface area contributed by atoms with Gasteiger partial charge in [-0.3, -0.25) is 9.59 Å². The van der Waals surface area contributed by atoms with Gasteiger partial charge in [0.25, 0.3) is 10.9 Å². The lowest BCUT2D eigenvalue weighted by Crippen LogP contribution is -2.51. The molecule has 21 heavy (non-hydrogen) atoms. The molecule has 110 valence electrons. The summed E-state index contributed by atoms with van der Waals surface area (Å²) in [5.74, 6) is 0. The maximum absolute atomic E-state index is 11.6. The van der Waals surface area contributed by atoms with E-state index in [2.05, 4.69) is 36.9 Å². The SMILES string of the molecule is Cc1ccc(N2CCN(c3c(N)c(=O)c3=O)CC2)c(C)c1. The predicted octanol–water partition coefficient (Wildman–Crippen LogP) is 0.808. The van der Waals surface area contributed by atoms with Crippen LogP contribution in [-0.4, -0.2) is 26.2 Å². The van der Waals surface area contributed by atoms with Crippen molar-refractivity contribution in [3.05, 3.63) is 49.8 Å². The fourth-order valence-corrected chi connectivity index (χ4v) is 3.04. The van der Waals surface area contributed by atoms with E-state index in [0.717, 1.165) is 13.1 Å². The number of rotatable bonds is 2. The summed E-state index contributed by atoms with van der Waals surface area (Å²) in [7, 11) is 0. The topological polar surface area (TPSA) is 66.6 Å². The lowest BCUT2D eigenvalue weighted by molar-refractivity contribution is 0.650. The number of piperazine rings is 1. The minimum absolute atomic E-state index is 0.125. The van der Waals surface area contributed by atoms with Crippen molar-refractivity contribution in [2.75, 3.05) is 41.7 Å². The Labute approximate surface area is 123 Å². The Hall–Kier alpha value is -2.30. The highest BCUT2D eigenvalue weighted by molar-refractivity contribution is 5.73. The Bertz CT molecular complexity index is 751. The Balaban J connectivity index is 1.74. The highest BCUT2D eigenvalue weighted by atomic mass is 16.2. The fourth-order valence-electron chi connectivity index (χ4n) is 3.04. The van der Waals surface area contributed by atoms with Crippen LogP contribution in [0.1, 0.15) is 11.1 Å². The smallest absolute Gasteiger partial charge is 0.253 e. The van der Waals surface area contributed by atoms with E-state index in [1.165, 1.54) is 16.8 Å². The first-order valence-electron chi connectivity index (χ1n) is 7.15. The first-order chi connectivity index (χ1) is 9.99. The van der Waals surface area contributed by atoms with E-state index in [1.807, 2.05) is 4.90 Å². The zero-order valence-electron chi connectivity index (χ0n) is 12.3. The van der Waals surface area contributed by atoms with Gasteiger partial charge in [-0.15, -0.1) is 0 Å². The van der Waals surface area contributed by atoms with Gasteiger partial charge in [0, 0.05) is 31.9 Å². The quantitative estimate of drug-likeness (QED) is 0.827. The second-order valence-corrected chi connectivity index (χ2v) is 5.68. The summed E-state index contributed by atoms with van der Waals surface area (Å²) in [4.78, 5) is 27.0. The number of anilines is 3. The van der Waals surface area contributed by atoms with Crippen LogP contribution in [-0.2, 0) is 0 Å². The molecule has 2 aromatic carbocycles. The molecule has 0 aromatic heterocycles. The molecule has 0 atom stereocenters. The van der Waals surface area contributed by atoms with Crippen LogP contribution < -0.4 is 26.4 Å². The molecule has 0 bridgehead atoms. The lowest BCUT2D eigenvalue weighted by Gasteiger charge is -2.38. The molecule has 1 aliphatic rings. The number of hydrogen-bond donors (Lipinski definition) is 1. The third-order valence-electron chi connectivity index (χ3n) is 4.21. The van der Waals surface area contributed by atoms with Crippen molar-refractivity contribution < 1.29 is 0 Å². The molecule has 2 N–H and O–H groups in total. The number of hydrogen-bond acceptors (Lipinski definition) is 5. The predicted molar refractivity (Wildman–Crippen MR) is 86.1 cm³/mol. The molecule has 0 saturated carbocycles. The van der Waals surface area contributed by atoms with Crippen LogP contribution in [0, 0.1) is 13.8 Å². The Kier molecular flexibility index (Phi) is 3.20. The average molecular weight is 285 g/mol. The molecular formula is C16H19N3O2. The first kappa shape index (κ1) is 13.7. The first-order valence-corrected chi connectivity index (χ1v) is 7.15. The van der Waals surface area contributed by atoms with Crippen molar-refractivity contribution >= 4 is 17.1 Å². The summed E-state index contributed by atoms with van der Waals surface area (Å²) in [5, 5.41) is 0. The number of nitrogens with zero attached hydrogens (tertiary/aromatic N) is 2. The highest BCUT2D eigenvalue weighted by Crippen LogP contribution is 2.24. The molecule has 0 amide bonds. The van der Waals surface area contributed by atoms with Gasteiger partial charge in [0.2, 0.25) is 0 Å². The largest absolute Gasteiger partial charge is 0.394 e. The normalized spacial score (nSPS) is 15.7. The number of nitrogen functional groups attached to an aromatic ring is 1. The van der Waals surface area contributed by atoms with E-state index < -0.39 is 10.9 Å². The molecular weight excluding hydrogens is 266 g/mol. The van der Waals surface area contributed by atoms with Gasteiger partial charge in [-0.25, -0.2) is 0 Å². The van der Waals surface area contributed by atoms with Crippen LogP contribution in [0.2, 0.25) is 0 Å². The average Bonchev–Trinajstić information content (AvgIpc) is 2.48. The summed E-state index contributed by atoms with van der Waals surface area (Å²) in [6, 6.07) is 6.44. The van der Waals surface area contributed by atoms with Crippen molar-refractivity contribution in [1.82, 2.24) is 0 Å². The van der Waals surface area contributed by atoms with Crippen LogP contribution in [0.4, 0.5) is 17.1 Å². The number of nitrogens with two attached hydrogens (primary N) is 1.